The first-order chi connectivity index (χ1) is 10.1. The van der Waals surface area contributed by atoms with Crippen LogP contribution in [-0.2, 0) is 11.8 Å². The van der Waals surface area contributed by atoms with Crippen LogP contribution in [0.2, 0.25) is 0 Å². The topological polar surface area (TPSA) is 94.5 Å². The summed E-state index contributed by atoms with van der Waals surface area (Å²) in [6, 6.07) is 12.1. The summed E-state index contributed by atoms with van der Waals surface area (Å²) in [4.78, 5) is 12.0. The zero-order chi connectivity index (χ0) is 15.2. The fraction of sp³-hybridized carbons (Fsp3) is 0.0667. The minimum absolute atomic E-state index is 0.0269. The Morgan fingerprint density at radius 2 is 2.00 bits per heavy atom. The maximum Gasteiger partial charge on any atom is 0.267 e. The predicted molar refractivity (Wildman–Crippen MR) is 76.6 cm³/mol. The Kier molecular flexibility index (Phi) is 4.13. The van der Waals surface area contributed by atoms with Gasteiger partial charge in [-0.25, -0.2) is 0 Å². The quantitative estimate of drug-likeness (QED) is 0.684. The number of aromatic nitrogens is 2. The van der Waals surface area contributed by atoms with Gasteiger partial charge in [-0.1, -0.05) is 12.1 Å². The zero-order valence-electron chi connectivity index (χ0n) is 11.2. The van der Waals surface area contributed by atoms with Crippen molar-refractivity contribution in [1.82, 2.24) is 9.78 Å². The maximum atomic E-state index is 12.0. The van der Waals surface area contributed by atoms with Gasteiger partial charge in [0.1, 0.15) is 17.5 Å². The third kappa shape index (κ3) is 3.34. The van der Waals surface area contributed by atoms with E-state index in [0.29, 0.717) is 16.9 Å². The molecule has 0 aliphatic heterocycles. The summed E-state index contributed by atoms with van der Waals surface area (Å²) in [6.07, 6.45) is 3.01. The molecule has 0 saturated carbocycles. The minimum Gasteiger partial charge on any atom is -0.306 e. The largest absolute Gasteiger partial charge is 0.306 e. The molecule has 6 heteroatoms. The van der Waals surface area contributed by atoms with Crippen LogP contribution in [0, 0.1) is 22.7 Å². The highest BCUT2D eigenvalue weighted by atomic mass is 16.1. The van der Waals surface area contributed by atoms with Crippen LogP contribution in [0.5, 0.6) is 0 Å². The molecule has 0 aliphatic carbocycles. The van der Waals surface area contributed by atoms with Crippen molar-refractivity contribution < 1.29 is 4.79 Å². The lowest BCUT2D eigenvalue weighted by atomic mass is 10.1. The van der Waals surface area contributed by atoms with Crippen molar-refractivity contribution in [3.8, 4) is 12.1 Å². The molecule has 6 nitrogen and oxygen atoms in total. The summed E-state index contributed by atoms with van der Waals surface area (Å²) in [5.74, 6) is -0.00793. The molecule has 1 aromatic carbocycles. The van der Waals surface area contributed by atoms with Gasteiger partial charge in [0.05, 0.1) is 17.8 Å². The average Bonchev–Trinajstić information content (AvgIpc) is 2.90. The van der Waals surface area contributed by atoms with Crippen molar-refractivity contribution >= 4 is 17.8 Å². The van der Waals surface area contributed by atoms with E-state index in [-0.39, 0.29) is 5.57 Å². The van der Waals surface area contributed by atoms with Gasteiger partial charge in [-0.15, -0.1) is 0 Å². The van der Waals surface area contributed by atoms with Gasteiger partial charge >= 0.3 is 0 Å². The molecular formula is C15H11N5O. The van der Waals surface area contributed by atoms with Gasteiger partial charge in [0.2, 0.25) is 0 Å². The first kappa shape index (κ1) is 14.0. The monoisotopic (exact) mass is 277 g/mol. The molecule has 102 valence electrons. The van der Waals surface area contributed by atoms with Crippen molar-refractivity contribution in [2.45, 2.75) is 0 Å². The second-order valence-corrected chi connectivity index (χ2v) is 4.20. The summed E-state index contributed by atoms with van der Waals surface area (Å²) >= 11 is 0. The van der Waals surface area contributed by atoms with Crippen LogP contribution < -0.4 is 5.32 Å². The molecule has 1 heterocycles. The highest BCUT2D eigenvalue weighted by Gasteiger charge is 2.11. The van der Waals surface area contributed by atoms with E-state index < -0.39 is 5.91 Å². The number of nitriles is 2. The Hall–Kier alpha value is -3.38. The Morgan fingerprint density at radius 3 is 2.52 bits per heavy atom. The lowest BCUT2D eigenvalue weighted by molar-refractivity contribution is -0.112. The molecule has 0 atom stereocenters. The third-order valence-corrected chi connectivity index (χ3v) is 2.78. The molecule has 0 aliphatic rings. The van der Waals surface area contributed by atoms with E-state index in [1.807, 2.05) is 12.1 Å². The fourth-order valence-corrected chi connectivity index (χ4v) is 1.65. The van der Waals surface area contributed by atoms with E-state index >= 15 is 0 Å². The highest BCUT2D eigenvalue weighted by molar-refractivity contribution is 6.09. The molecule has 2 aromatic rings. The smallest absolute Gasteiger partial charge is 0.267 e. The van der Waals surface area contributed by atoms with Gasteiger partial charge in [0.25, 0.3) is 5.91 Å². The van der Waals surface area contributed by atoms with Gasteiger partial charge in [-0.2, -0.15) is 15.6 Å². The third-order valence-electron chi connectivity index (χ3n) is 2.78. The molecule has 21 heavy (non-hydrogen) atoms. The van der Waals surface area contributed by atoms with E-state index in [9.17, 15) is 4.79 Å². The van der Waals surface area contributed by atoms with Crippen molar-refractivity contribution in [2.75, 3.05) is 5.32 Å². The first-order valence-corrected chi connectivity index (χ1v) is 6.05. The van der Waals surface area contributed by atoms with E-state index in [1.54, 1.807) is 43.6 Å². The molecule has 0 bridgehead atoms. The van der Waals surface area contributed by atoms with Crippen molar-refractivity contribution in [2.24, 2.45) is 7.05 Å². The second-order valence-electron chi connectivity index (χ2n) is 4.20. The molecule has 0 spiro atoms. The Morgan fingerprint density at radius 1 is 1.29 bits per heavy atom. The molecule has 2 rings (SSSR count). The van der Waals surface area contributed by atoms with Crippen molar-refractivity contribution in [1.29, 1.82) is 10.5 Å². The van der Waals surface area contributed by atoms with E-state index in [1.165, 1.54) is 10.8 Å². The summed E-state index contributed by atoms with van der Waals surface area (Å²) in [5.41, 5.74) is 1.16. The number of amides is 1. The summed E-state index contributed by atoms with van der Waals surface area (Å²) in [7, 11) is 1.69. The number of hydrogen-bond donors (Lipinski definition) is 1. The number of carbonyl (C=O) groups is 1. The van der Waals surface area contributed by atoms with Crippen LogP contribution in [0.25, 0.3) is 6.08 Å². The normalized spacial score (nSPS) is 10.5. The molecular weight excluding hydrogens is 266 g/mol. The minimum atomic E-state index is -0.509. The summed E-state index contributed by atoms with van der Waals surface area (Å²) < 4.78 is 1.49. The van der Waals surface area contributed by atoms with Crippen molar-refractivity contribution in [3.63, 3.8) is 0 Å². The van der Waals surface area contributed by atoms with Gasteiger partial charge in [0.15, 0.2) is 0 Å². The predicted octanol–water partition coefficient (Wildman–Crippen LogP) is 1.84. The SMILES string of the molecule is Cn1nccc1NC(=O)C(C#N)=Cc1ccc(C#N)cc1. The van der Waals surface area contributed by atoms with Gasteiger partial charge < -0.3 is 5.32 Å². The molecule has 0 radical (unpaired) electrons. The Balaban J connectivity index is 2.20. The zero-order valence-corrected chi connectivity index (χ0v) is 11.2. The Bertz CT molecular complexity index is 772. The summed E-state index contributed by atoms with van der Waals surface area (Å²) in [5, 5.41) is 24.4. The second kappa shape index (κ2) is 6.18. The van der Waals surface area contributed by atoms with Crippen LogP contribution in [-0.4, -0.2) is 15.7 Å². The Labute approximate surface area is 121 Å². The number of nitrogens with zero attached hydrogens (tertiary/aromatic N) is 4. The number of benzene rings is 1. The van der Waals surface area contributed by atoms with Crippen LogP contribution in [0.4, 0.5) is 5.82 Å². The number of rotatable bonds is 3. The standard InChI is InChI=1S/C15H11N5O/c1-20-14(6-7-18-20)19-15(21)13(10-17)8-11-2-4-12(9-16)5-3-11/h2-8H,1H3,(H,19,21). The van der Waals surface area contributed by atoms with Gasteiger partial charge in [0, 0.05) is 13.1 Å². The van der Waals surface area contributed by atoms with E-state index in [2.05, 4.69) is 10.4 Å². The van der Waals surface area contributed by atoms with Crippen LogP contribution in [0.3, 0.4) is 0 Å². The van der Waals surface area contributed by atoms with Gasteiger partial charge in [-0.3, -0.25) is 9.48 Å². The lowest BCUT2D eigenvalue weighted by Crippen LogP contribution is -2.15. The number of aryl methyl sites for hydroxylation is 1. The maximum absolute atomic E-state index is 12.0. The fourth-order valence-electron chi connectivity index (χ4n) is 1.65. The lowest BCUT2D eigenvalue weighted by Gasteiger charge is -2.04. The van der Waals surface area contributed by atoms with Crippen LogP contribution in [0.15, 0.2) is 42.1 Å². The number of carbonyl (C=O) groups excluding carboxylic acids is 1. The molecule has 0 saturated heterocycles. The number of anilines is 1. The van der Waals surface area contributed by atoms with Crippen LogP contribution in [0.1, 0.15) is 11.1 Å². The number of hydrogen-bond acceptors (Lipinski definition) is 4. The number of nitrogens with one attached hydrogen (secondary N) is 1. The molecule has 1 N–H and O–H groups in total. The van der Waals surface area contributed by atoms with Crippen molar-refractivity contribution in [3.05, 3.63) is 53.2 Å². The van der Waals surface area contributed by atoms with Crippen LogP contribution >= 0.6 is 0 Å². The van der Waals surface area contributed by atoms with Gasteiger partial charge in [-0.05, 0) is 23.8 Å². The van der Waals surface area contributed by atoms with E-state index in [0.717, 1.165) is 0 Å². The summed E-state index contributed by atoms with van der Waals surface area (Å²) in [6.45, 7) is 0. The molecule has 0 unspecified atom stereocenters. The average molecular weight is 277 g/mol. The molecule has 1 aromatic heterocycles. The first-order valence-electron chi connectivity index (χ1n) is 6.05. The molecule has 0 fully saturated rings. The highest BCUT2D eigenvalue weighted by Crippen LogP contribution is 2.11. The van der Waals surface area contributed by atoms with E-state index in [4.69, 9.17) is 10.5 Å². The molecule has 1 amide bonds.